The Bertz CT molecular complexity index is 507. The number of Topliss-reactive ketones (excluding diaryl/α,β-unsaturated/α-hetero) is 1. The van der Waals surface area contributed by atoms with Crippen molar-refractivity contribution in [2.75, 3.05) is 0 Å². The molecule has 19 heavy (non-hydrogen) atoms. The first-order valence-electron chi connectivity index (χ1n) is 6.30. The van der Waals surface area contributed by atoms with Crippen molar-refractivity contribution in [1.82, 2.24) is 4.90 Å². The number of allylic oxidation sites excluding steroid dienone is 1. The second kappa shape index (κ2) is 5.36. The van der Waals surface area contributed by atoms with E-state index in [0.29, 0.717) is 5.56 Å². The summed E-state index contributed by atoms with van der Waals surface area (Å²) in [6.07, 6.45) is 2.47. The molecule has 0 aromatic heterocycles. The molecule has 1 fully saturated rings. The summed E-state index contributed by atoms with van der Waals surface area (Å²) in [5, 5.41) is 9.67. The highest BCUT2D eigenvalue weighted by atomic mass is 16.3. The molecule has 1 aromatic rings. The minimum atomic E-state index is -0.827. The van der Waals surface area contributed by atoms with Gasteiger partial charge < -0.3 is 10.0 Å². The molecule has 1 N–H and O–H groups in total. The first kappa shape index (κ1) is 13.5. The second-order valence-corrected chi connectivity index (χ2v) is 4.67. The minimum Gasteiger partial charge on any atom is -0.392 e. The van der Waals surface area contributed by atoms with Crippen molar-refractivity contribution in [3.63, 3.8) is 0 Å². The number of amides is 1. The molecule has 1 aliphatic heterocycles. The fourth-order valence-corrected chi connectivity index (χ4v) is 2.39. The van der Waals surface area contributed by atoms with E-state index in [1.807, 2.05) is 6.07 Å². The van der Waals surface area contributed by atoms with Crippen LogP contribution in [-0.2, 0) is 4.79 Å². The van der Waals surface area contributed by atoms with Crippen molar-refractivity contribution in [3.8, 4) is 0 Å². The number of carbonyl (C=O) groups excluding carboxylic acids is 2. The zero-order chi connectivity index (χ0) is 14.0. The van der Waals surface area contributed by atoms with E-state index in [1.165, 1.54) is 4.90 Å². The van der Waals surface area contributed by atoms with E-state index in [-0.39, 0.29) is 11.7 Å². The number of carbonyl (C=O) groups is 2. The van der Waals surface area contributed by atoms with Gasteiger partial charge in [-0.25, -0.2) is 0 Å². The van der Waals surface area contributed by atoms with Crippen LogP contribution in [-0.4, -0.2) is 33.8 Å². The van der Waals surface area contributed by atoms with Crippen LogP contribution in [0.4, 0.5) is 0 Å². The Morgan fingerprint density at radius 2 is 2.00 bits per heavy atom. The number of β-lactam (4-membered cyclic amide) rings is 1. The van der Waals surface area contributed by atoms with Gasteiger partial charge in [0.25, 0.3) is 0 Å². The maximum absolute atomic E-state index is 12.4. The molecule has 0 spiro atoms. The summed E-state index contributed by atoms with van der Waals surface area (Å²) in [6.45, 7) is 3.33. The Labute approximate surface area is 112 Å². The molecule has 4 heteroatoms. The number of likely N-dealkylation sites (tertiary alicyclic amines) is 1. The molecule has 0 radical (unpaired) electrons. The molecule has 3 unspecified atom stereocenters. The average Bonchev–Trinajstić information content (AvgIpc) is 2.41. The number of hydrogen-bond donors (Lipinski definition) is 1. The molecule has 100 valence electrons. The standard InChI is InChI=1S/C15H17NO3/c1-3-9-16-13(12(10(2)17)15(16)19)14(18)11-7-5-4-6-8-11/h3-10,12-13,17H,1-2H3/b9-3+. The van der Waals surface area contributed by atoms with Gasteiger partial charge in [0.15, 0.2) is 5.78 Å². The lowest BCUT2D eigenvalue weighted by Crippen LogP contribution is -2.65. The zero-order valence-corrected chi connectivity index (χ0v) is 11.0. The van der Waals surface area contributed by atoms with Gasteiger partial charge in [0, 0.05) is 11.8 Å². The summed E-state index contributed by atoms with van der Waals surface area (Å²) in [7, 11) is 0. The Balaban J connectivity index is 2.29. The third-order valence-corrected chi connectivity index (χ3v) is 3.34. The van der Waals surface area contributed by atoms with Crippen molar-refractivity contribution in [1.29, 1.82) is 0 Å². The number of aliphatic hydroxyl groups is 1. The largest absolute Gasteiger partial charge is 0.392 e. The Morgan fingerprint density at radius 1 is 1.37 bits per heavy atom. The molecule has 1 aliphatic rings. The van der Waals surface area contributed by atoms with E-state index in [2.05, 4.69) is 0 Å². The smallest absolute Gasteiger partial charge is 0.235 e. The number of benzene rings is 1. The van der Waals surface area contributed by atoms with Gasteiger partial charge in [-0.05, 0) is 13.8 Å². The van der Waals surface area contributed by atoms with E-state index < -0.39 is 18.1 Å². The quantitative estimate of drug-likeness (QED) is 0.660. The van der Waals surface area contributed by atoms with Crippen molar-refractivity contribution in [2.24, 2.45) is 5.92 Å². The highest BCUT2D eigenvalue weighted by Gasteiger charge is 2.52. The van der Waals surface area contributed by atoms with Crippen LogP contribution in [0.25, 0.3) is 0 Å². The minimum absolute atomic E-state index is 0.135. The summed E-state index contributed by atoms with van der Waals surface area (Å²) in [5.74, 6) is -0.990. The van der Waals surface area contributed by atoms with Crippen molar-refractivity contribution >= 4 is 11.7 Å². The number of ketones is 1. The molecule has 0 bridgehead atoms. The third kappa shape index (κ3) is 2.31. The number of nitrogens with zero attached hydrogens (tertiary/aromatic N) is 1. The molecule has 4 nitrogen and oxygen atoms in total. The molecular formula is C15H17NO3. The molecule has 1 aromatic carbocycles. The Hall–Kier alpha value is -1.94. The van der Waals surface area contributed by atoms with Crippen LogP contribution in [0.5, 0.6) is 0 Å². The van der Waals surface area contributed by atoms with Gasteiger partial charge in [0.1, 0.15) is 6.04 Å². The fourth-order valence-electron chi connectivity index (χ4n) is 2.39. The molecular weight excluding hydrogens is 242 g/mol. The highest BCUT2D eigenvalue weighted by Crippen LogP contribution is 2.32. The summed E-state index contributed by atoms with van der Waals surface area (Å²) < 4.78 is 0. The molecule has 1 heterocycles. The van der Waals surface area contributed by atoms with E-state index in [0.717, 1.165) is 0 Å². The van der Waals surface area contributed by atoms with Crippen LogP contribution >= 0.6 is 0 Å². The highest BCUT2D eigenvalue weighted by molar-refractivity contribution is 6.08. The predicted octanol–water partition coefficient (Wildman–Crippen LogP) is 1.61. The monoisotopic (exact) mass is 259 g/mol. The molecule has 1 saturated heterocycles. The van der Waals surface area contributed by atoms with Gasteiger partial charge >= 0.3 is 0 Å². The lowest BCUT2D eigenvalue weighted by Gasteiger charge is -2.45. The Morgan fingerprint density at radius 3 is 2.53 bits per heavy atom. The topological polar surface area (TPSA) is 57.6 Å². The van der Waals surface area contributed by atoms with Gasteiger partial charge in [0.2, 0.25) is 5.91 Å². The van der Waals surface area contributed by atoms with Crippen molar-refractivity contribution < 1.29 is 14.7 Å². The third-order valence-electron chi connectivity index (χ3n) is 3.34. The molecule has 0 saturated carbocycles. The van der Waals surface area contributed by atoms with Crippen LogP contribution in [0, 0.1) is 5.92 Å². The average molecular weight is 259 g/mol. The Kier molecular flexibility index (Phi) is 3.81. The molecule has 1 amide bonds. The van der Waals surface area contributed by atoms with Crippen molar-refractivity contribution in [3.05, 3.63) is 48.2 Å². The number of hydrogen-bond acceptors (Lipinski definition) is 3. The normalized spacial score (nSPS) is 24.4. The molecule has 3 atom stereocenters. The summed E-state index contributed by atoms with van der Waals surface area (Å²) in [5.41, 5.74) is 0.556. The summed E-state index contributed by atoms with van der Waals surface area (Å²) in [4.78, 5) is 25.7. The van der Waals surface area contributed by atoms with Crippen LogP contribution < -0.4 is 0 Å². The first-order valence-corrected chi connectivity index (χ1v) is 6.30. The van der Waals surface area contributed by atoms with Gasteiger partial charge in [0.05, 0.1) is 12.0 Å². The van der Waals surface area contributed by atoms with Gasteiger partial charge in [-0.1, -0.05) is 36.4 Å². The van der Waals surface area contributed by atoms with E-state index in [9.17, 15) is 14.7 Å². The summed E-state index contributed by atoms with van der Waals surface area (Å²) in [6, 6.07) is 8.23. The van der Waals surface area contributed by atoms with E-state index in [4.69, 9.17) is 0 Å². The molecule has 0 aliphatic carbocycles. The van der Waals surface area contributed by atoms with Crippen molar-refractivity contribution in [2.45, 2.75) is 26.0 Å². The number of rotatable bonds is 4. The molecule has 2 rings (SSSR count). The lowest BCUT2D eigenvalue weighted by molar-refractivity contribution is -0.154. The fraction of sp³-hybridized carbons (Fsp3) is 0.333. The van der Waals surface area contributed by atoms with E-state index >= 15 is 0 Å². The first-order chi connectivity index (χ1) is 9.07. The lowest BCUT2D eigenvalue weighted by atomic mass is 9.79. The van der Waals surface area contributed by atoms with Gasteiger partial charge in [-0.15, -0.1) is 0 Å². The van der Waals surface area contributed by atoms with E-state index in [1.54, 1.807) is 50.4 Å². The maximum atomic E-state index is 12.4. The van der Waals surface area contributed by atoms with Crippen LogP contribution in [0.3, 0.4) is 0 Å². The van der Waals surface area contributed by atoms with Crippen LogP contribution in [0.2, 0.25) is 0 Å². The zero-order valence-electron chi connectivity index (χ0n) is 11.0. The second-order valence-electron chi connectivity index (χ2n) is 4.67. The van der Waals surface area contributed by atoms with Crippen LogP contribution in [0.15, 0.2) is 42.6 Å². The SMILES string of the molecule is C/C=C/N1C(=O)C(C(C)O)C1C(=O)c1ccccc1. The predicted molar refractivity (Wildman–Crippen MR) is 71.4 cm³/mol. The summed E-state index contributed by atoms with van der Waals surface area (Å²) >= 11 is 0. The maximum Gasteiger partial charge on any atom is 0.235 e. The van der Waals surface area contributed by atoms with Gasteiger partial charge in [-0.2, -0.15) is 0 Å². The van der Waals surface area contributed by atoms with Crippen LogP contribution in [0.1, 0.15) is 24.2 Å². The number of aliphatic hydroxyl groups excluding tert-OH is 1. The van der Waals surface area contributed by atoms with Gasteiger partial charge in [-0.3, -0.25) is 9.59 Å².